The highest BCUT2D eigenvalue weighted by Gasteiger charge is 2.62. The first-order valence-electron chi connectivity index (χ1n) is 8.64. The average Bonchev–Trinajstić information content (AvgIpc) is 2.88. The smallest absolute Gasteiger partial charge is 0.238 e. The topological polar surface area (TPSA) is 54.5 Å². The maximum atomic E-state index is 13.2. The van der Waals surface area contributed by atoms with Crippen molar-refractivity contribution in [3.63, 3.8) is 0 Å². The van der Waals surface area contributed by atoms with E-state index < -0.39 is 17.8 Å². The molecule has 1 aliphatic heterocycles. The molecule has 1 saturated heterocycles. The largest absolute Gasteiger partial charge is 0.299 e. The van der Waals surface area contributed by atoms with Crippen molar-refractivity contribution in [3.8, 4) is 0 Å². The van der Waals surface area contributed by atoms with Gasteiger partial charge in [-0.3, -0.25) is 14.4 Å². The standard InChI is InChI=1S/C21H17NO3/c1-11-6-2-5-9-15(11)22-20(24)18-14-10-16(23)17(19(18)21(22)25)13-8-4-3-7-12(13)14/h2-9,14,17-19H,10H2,1H3/t14-,17+,18+,19+/m0/s1. The summed E-state index contributed by atoms with van der Waals surface area (Å²) in [4.78, 5) is 40.4. The molecule has 6 rings (SSSR count). The number of fused-ring (bicyclic) bond motifs is 1. The van der Waals surface area contributed by atoms with Gasteiger partial charge in [0, 0.05) is 12.3 Å². The molecule has 2 amide bonds. The zero-order chi connectivity index (χ0) is 17.3. The fraction of sp³-hybridized carbons (Fsp3) is 0.286. The Kier molecular flexibility index (Phi) is 2.85. The van der Waals surface area contributed by atoms with Gasteiger partial charge in [0.1, 0.15) is 5.78 Å². The first kappa shape index (κ1) is 14.6. The van der Waals surface area contributed by atoms with Crippen LogP contribution in [0.1, 0.15) is 34.9 Å². The van der Waals surface area contributed by atoms with Gasteiger partial charge in [-0.05, 0) is 29.7 Å². The molecular formula is C21H17NO3. The third-order valence-electron chi connectivity index (χ3n) is 6.05. The number of carbonyl (C=O) groups is 3. The summed E-state index contributed by atoms with van der Waals surface area (Å²) in [6.07, 6.45) is 0.365. The van der Waals surface area contributed by atoms with E-state index in [1.54, 1.807) is 6.07 Å². The molecule has 0 radical (unpaired) electrons. The molecule has 2 bridgehead atoms. The van der Waals surface area contributed by atoms with Crippen molar-refractivity contribution >= 4 is 23.3 Å². The number of para-hydroxylation sites is 1. The number of benzene rings is 2. The van der Waals surface area contributed by atoms with E-state index in [9.17, 15) is 14.4 Å². The van der Waals surface area contributed by atoms with Crippen molar-refractivity contribution in [2.24, 2.45) is 11.8 Å². The van der Waals surface area contributed by atoms with Gasteiger partial charge in [-0.1, -0.05) is 42.5 Å². The Morgan fingerprint density at radius 3 is 2.24 bits per heavy atom. The molecule has 4 nitrogen and oxygen atoms in total. The van der Waals surface area contributed by atoms with E-state index >= 15 is 0 Å². The van der Waals surface area contributed by atoms with Crippen LogP contribution < -0.4 is 4.90 Å². The van der Waals surface area contributed by atoms with Crippen molar-refractivity contribution in [1.29, 1.82) is 0 Å². The number of ketones is 1. The van der Waals surface area contributed by atoms with E-state index in [0.29, 0.717) is 12.1 Å². The molecule has 4 aliphatic rings. The molecule has 4 atom stereocenters. The predicted octanol–water partition coefficient (Wildman–Crippen LogP) is 2.95. The van der Waals surface area contributed by atoms with E-state index in [0.717, 1.165) is 16.7 Å². The lowest BCUT2D eigenvalue weighted by Crippen LogP contribution is -2.44. The number of hydrogen-bond donors (Lipinski definition) is 0. The molecular weight excluding hydrogens is 314 g/mol. The van der Waals surface area contributed by atoms with E-state index in [2.05, 4.69) is 0 Å². The van der Waals surface area contributed by atoms with Gasteiger partial charge in [0.2, 0.25) is 11.8 Å². The minimum Gasteiger partial charge on any atom is -0.299 e. The second-order valence-corrected chi connectivity index (χ2v) is 7.23. The highest BCUT2D eigenvalue weighted by atomic mass is 16.2. The maximum absolute atomic E-state index is 13.2. The van der Waals surface area contributed by atoms with E-state index in [4.69, 9.17) is 0 Å². The maximum Gasteiger partial charge on any atom is 0.238 e. The van der Waals surface area contributed by atoms with Crippen LogP contribution in [0.3, 0.4) is 0 Å². The van der Waals surface area contributed by atoms with Crippen molar-refractivity contribution in [3.05, 3.63) is 65.2 Å². The number of hydrogen-bond acceptors (Lipinski definition) is 3. The Labute approximate surface area is 145 Å². The summed E-state index contributed by atoms with van der Waals surface area (Å²) < 4.78 is 0. The lowest BCUT2D eigenvalue weighted by atomic mass is 9.56. The number of amides is 2. The number of nitrogens with zero attached hydrogens (tertiary/aromatic N) is 1. The van der Waals surface area contributed by atoms with Crippen LogP contribution >= 0.6 is 0 Å². The molecule has 0 spiro atoms. The molecule has 4 heteroatoms. The number of rotatable bonds is 1. The van der Waals surface area contributed by atoms with Gasteiger partial charge in [-0.15, -0.1) is 0 Å². The number of carbonyl (C=O) groups excluding carboxylic acids is 3. The third-order valence-corrected chi connectivity index (χ3v) is 6.05. The van der Waals surface area contributed by atoms with Crippen molar-refractivity contribution in [2.45, 2.75) is 25.2 Å². The second kappa shape index (κ2) is 4.88. The van der Waals surface area contributed by atoms with Crippen molar-refractivity contribution in [1.82, 2.24) is 0 Å². The van der Waals surface area contributed by atoms with Crippen LogP contribution in [-0.4, -0.2) is 17.6 Å². The summed E-state index contributed by atoms with van der Waals surface area (Å²) in [6, 6.07) is 15.2. The SMILES string of the molecule is Cc1ccccc1N1C(=O)[C@H]2[C@H](C1=O)[C@H]1C(=O)C[C@H]2c2ccccc21. The molecule has 124 valence electrons. The zero-order valence-electron chi connectivity index (χ0n) is 13.8. The summed E-state index contributed by atoms with van der Waals surface area (Å²) >= 11 is 0. The van der Waals surface area contributed by atoms with Crippen LogP contribution in [0.2, 0.25) is 0 Å². The molecule has 1 saturated carbocycles. The van der Waals surface area contributed by atoms with Crippen molar-refractivity contribution < 1.29 is 14.4 Å². The van der Waals surface area contributed by atoms with E-state index in [-0.39, 0.29) is 23.5 Å². The number of Topliss-reactive ketones (excluding diaryl/α,β-unsaturated/α-hetero) is 1. The van der Waals surface area contributed by atoms with Gasteiger partial charge in [0.05, 0.1) is 23.4 Å². The van der Waals surface area contributed by atoms with E-state index in [1.165, 1.54) is 4.90 Å². The summed E-state index contributed by atoms with van der Waals surface area (Å²) in [5.74, 6) is -1.89. The minimum absolute atomic E-state index is 0.0951. The average molecular weight is 331 g/mol. The van der Waals surface area contributed by atoms with Crippen LogP contribution in [0.4, 0.5) is 5.69 Å². The predicted molar refractivity (Wildman–Crippen MR) is 92.2 cm³/mol. The normalized spacial score (nSPS) is 29.8. The van der Waals surface area contributed by atoms with Gasteiger partial charge in [0.25, 0.3) is 0 Å². The molecule has 3 aliphatic carbocycles. The van der Waals surface area contributed by atoms with Crippen LogP contribution in [0, 0.1) is 18.8 Å². The molecule has 2 fully saturated rings. The zero-order valence-corrected chi connectivity index (χ0v) is 13.8. The summed E-state index contributed by atoms with van der Waals surface area (Å²) in [6.45, 7) is 1.90. The first-order chi connectivity index (χ1) is 12.1. The van der Waals surface area contributed by atoms with Crippen molar-refractivity contribution in [2.75, 3.05) is 4.90 Å². The fourth-order valence-corrected chi connectivity index (χ4v) is 5.01. The highest BCUT2D eigenvalue weighted by molar-refractivity contribution is 6.25. The molecule has 25 heavy (non-hydrogen) atoms. The first-order valence-corrected chi connectivity index (χ1v) is 8.64. The number of imide groups is 1. The highest BCUT2D eigenvalue weighted by Crippen LogP contribution is 2.57. The van der Waals surface area contributed by atoms with Crippen LogP contribution in [0.5, 0.6) is 0 Å². The molecule has 2 aromatic rings. The minimum atomic E-state index is -0.548. The van der Waals surface area contributed by atoms with Gasteiger partial charge >= 0.3 is 0 Å². The fourth-order valence-electron chi connectivity index (χ4n) is 5.01. The van der Waals surface area contributed by atoms with Crippen LogP contribution in [-0.2, 0) is 14.4 Å². The number of anilines is 1. The number of aryl methyl sites for hydroxylation is 1. The van der Waals surface area contributed by atoms with E-state index in [1.807, 2.05) is 49.4 Å². The molecule has 1 heterocycles. The lowest BCUT2D eigenvalue weighted by molar-refractivity contribution is -0.134. The summed E-state index contributed by atoms with van der Waals surface area (Å²) in [5.41, 5.74) is 3.54. The molecule has 0 N–H and O–H groups in total. The molecule has 0 aromatic heterocycles. The summed E-state index contributed by atoms with van der Waals surface area (Å²) in [5, 5.41) is 0. The van der Waals surface area contributed by atoms with Gasteiger partial charge in [-0.25, -0.2) is 4.90 Å². The Bertz CT molecular complexity index is 948. The van der Waals surface area contributed by atoms with Gasteiger partial charge < -0.3 is 0 Å². The monoisotopic (exact) mass is 331 g/mol. The molecule has 0 unspecified atom stereocenters. The van der Waals surface area contributed by atoms with Gasteiger partial charge in [0.15, 0.2) is 0 Å². The quantitative estimate of drug-likeness (QED) is 0.755. The van der Waals surface area contributed by atoms with Crippen LogP contribution in [0.15, 0.2) is 48.5 Å². The molecule has 2 aromatic carbocycles. The second-order valence-electron chi connectivity index (χ2n) is 7.23. The summed E-state index contributed by atoms with van der Waals surface area (Å²) in [7, 11) is 0. The lowest BCUT2D eigenvalue weighted by Gasteiger charge is -2.43. The van der Waals surface area contributed by atoms with Crippen LogP contribution in [0.25, 0.3) is 0 Å². The Morgan fingerprint density at radius 2 is 1.48 bits per heavy atom. The van der Waals surface area contributed by atoms with Gasteiger partial charge in [-0.2, -0.15) is 0 Å². The third kappa shape index (κ3) is 1.74. The Morgan fingerprint density at radius 1 is 0.840 bits per heavy atom. The Hall–Kier alpha value is -2.75. The Balaban J connectivity index is 1.68.